The lowest BCUT2D eigenvalue weighted by Crippen LogP contribution is -2.33. The molecule has 6 nitrogen and oxygen atoms in total. The number of carbonyl (C=O) groups is 1. The molecule has 1 aromatic carbocycles. The fourth-order valence-electron chi connectivity index (χ4n) is 1.60. The number of hydrogen-bond donors (Lipinski definition) is 0. The first-order chi connectivity index (χ1) is 9.11. The molecule has 0 N–H and O–H groups in total. The number of benzene rings is 1. The minimum Gasteiger partial charge on any atom is -0.549 e. The van der Waals surface area contributed by atoms with Gasteiger partial charge in [-0.3, -0.25) is 0 Å². The van der Waals surface area contributed by atoms with Crippen molar-refractivity contribution >= 4 is 17.7 Å². The van der Waals surface area contributed by atoms with E-state index in [1.54, 1.807) is 6.92 Å². The zero-order valence-corrected chi connectivity index (χ0v) is 11.4. The molecule has 7 heteroatoms. The molecule has 1 aromatic heterocycles. The largest absolute Gasteiger partial charge is 0.549 e. The summed E-state index contributed by atoms with van der Waals surface area (Å²) in [5, 5.41) is 22.1. The lowest BCUT2D eigenvalue weighted by atomic mass is 10.2. The fourth-order valence-corrected chi connectivity index (χ4v) is 2.44. The van der Waals surface area contributed by atoms with E-state index in [4.69, 9.17) is 0 Å². The van der Waals surface area contributed by atoms with Crippen LogP contribution < -0.4 is 5.11 Å². The molecule has 0 unspecified atom stereocenters. The number of carboxylic acids is 1. The highest BCUT2D eigenvalue weighted by Crippen LogP contribution is 2.24. The Morgan fingerprint density at radius 2 is 2.32 bits per heavy atom. The van der Waals surface area contributed by atoms with Crippen LogP contribution in [0.1, 0.15) is 18.9 Å². The Hall–Kier alpha value is -1.89. The number of nitrogens with zero attached hydrogens (tertiary/aromatic N) is 4. The molecule has 100 valence electrons. The topological polar surface area (TPSA) is 83.7 Å². The third kappa shape index (κ3) is 3.11. The summed E-state index contributed by atoms with van der Waals surface area (Å²) < 4.78 is 1.53. The monoisotopic (exact) mass is 277 g/mol. The number of rotatable bonds is 5. The van der Waals surface area contributed by atoms with Crippen molar-refractivity contribution in [2.45, 2.75) is 30.7 Å². The summed E-state index contributed by atoms with van der Waals surface area (Å²) in [6.07, 6.45) is 0.452. The van der Waals surface area contributed by atoms with Gasteiger partial charge in [-0.25, -0.2) is 0 Å². The number of aliphatic carboxylic acids is 1. The van der Waals surface area contributed by atoms with E-state index >= 15 is 0 Å². The Morgan fingerprint density at radius 1 is 1.53 bits per heavy atom. The van der Waals surface area contributed by atoms with Crippen LogP contribution in [0.2, 0.25) is 0 Å². The zero-order chi connectivity index (χ0) is 13.8. The summed E-state index contributed by atoms with van der Waals surface area (Å²) >= 11 is 1.10. The Kier molecular flexibility index (Phi) is 4.16. The molecule has 2 rings (SSSR count). The fraction of sp³-hybridized carbons (Fsp3) is 0.333. The van der Waals surface area contributed by atoms with E-state index in [1.807, 2.05) is 31.2 Å². The van der Waals surface area contributed by atoms with Gasteiger partial charge >= 0.3 is 0 Å². The average Bonchev–Trinajstić information content (AvgIpc) is 2.83. The molecule has 0 aliphatic rings. The second-order valence-electron chi connectivity index (χ2n) is 4.05. The number of hydrogen-bond acceptors (Lipinski definition) is 6. The highest BCUT2D eigenvalue weighted by Gasteiger charge is 2.16. The maximum atomic E-state index is 10.9. The van der Waals surface area contributed by atoms with Gasteiger partial charge in [-0.1, -0.05) is 30.8 Å². The molecule has 19 heavy (non-hydrogen) atoms. The second kappa shape index (κ2) is 5.83. The SMILES string of the molecule is CC[C@H](Sc1nnnn1-c1cccc(C)c1)C(=O)[O-]. The van der Waals surface area contributed by atoms with Gasteiger partial charge in [0.05, 0.1) is 16.9 Å². The van der Waals surface area contributed by atoms with Crippen molar-refractivity contribution in [3.8, 4) is 5.69 Å². The number of thioether (sulfide) groups is 1. The molecule has 1 atom stereocenters. The molecule has 0 spiro atoms. The summed E-state index contributed by atoms with van der Waals surface area (Å²) in [6.45, 7) is 3.75. The van der Waals surface area contributed by atoms with Gasteiger partial charge < -0.3 is 9.90 Å². The first-order valence-corrected chi connectivity index (χ1v) is 6.72. The summed E-state index contributed by atoms with van der Waals surface area (Å²) in [5.74, 6) is -1.11. The van der Waals surface area contributed by atoms with E-state index in [-0.39, 0.29) is 0 Å². The van der Waals surface area contributed by atoms with Gasteiger partial charge in [-0.15, -0.1) is 5.10 Å². The number of tetrazole rings is 1. The first kappa shape index (κ1) is 13.5. The van der Waals surface area contributed by atoms with Crippen molar-refractivity contribution in [2.75, 3.05) is 0 Å². The molecular weight excluding hydrogens is 264 g/mol. The van der Waals surface area contributed by atoms with Crippen LogP contribution in [0.25, 0.3) is 5.69 Å². The Bertz CT molecular complexity index is 585. The van der Waals surface area contributed by atoms with Crippen LogP contribution in [0.3, 0.4) is 0 Å². The number of aromatic nitrogens is 4. The van der Waals surface area contributed by atoms with Gasteiger partial charge in [0.25, 0.3) is 0 Å². The zero-order valence-electron chi connectivity index (χ0n) is 10.6. The van der Waals surface area contributed by atoms with Gasteiger partial charge in [0.15, 0.2) is 0 Å². The van der Waals surface area contributed by atoms with Gasteiger partial charge in [0, 0.05) is 0 Å². The summed E-state index contributed by atoms with van der Waals surface area (Å²) in [4.78, 5) is 10.9. The maximum Gasteiger partial charge on any atom is 0.214 e. The lowest BCUT2D eigenvalue weighted by Gasteiger charge is -2.14. The van der Waals surface area contributed by atoms with E-state index in [1.165, 1.54) is 4.68 Å². The van der Waals surface area contributed by atoms with Crippen molar-refractivity contribution in [2.24, 2.45) is 0 Å². The first-order valence-electron chi connectivity index (χ1n) is 5.84. The van der Waals surface area contributed by atoms with Gasteiger partial charge in [0.2, 0.25) is 5.16 Å². The summed E-state index contributed by atoms with van der Waals surface area (Å²) in [7, 11) is 0. The molecule has 0 bridgehead atoms. The van der Waals surface area contributed by atoms with E-state index in [0.717, 1.165) is 23.0 Å². The molecule has 0 fully saturated rings. The molecule has 0 aliphatic heterocycles. The molecule has 1 heterocycles. The van der Waals surface area contributed by atoms with Crippen LogP contribution in [0, 0.1) is 6.92 Å². The van der Waals surface area contributed by atoms with Gasteiger partial charge in [-0.05, 0) is 41.5 Å². The Balaban J connectivity index is 2.30. The van der Waals surface area contributed by atoms with Crippen molar-refractivity contribution in [3.63, 3.8) is 0 Å². The number of carbonyl (C=O) groups excluding carboxylic acids is 1. The number of aryl methyl sites for hydroxylation is 1. The van der Waals surface area contributed by atoms with Crippen molar-refractivity contribution in [3.05, 3.63) is 29.8 Å². The van der Waals surface area contributed by atoms with Crippen LogP contribution in [-0.4, -0.2) is 31.4 Å². The molecule has 2 aromatic rings. The quantitative estimate of drug-likeness (QED) is 0.744. The third-order valence-electron chi connectivity index (χ3n) is 2.57. The van der Waals surface area contributed by atoms with Crippen LogP contribution in [0.4, 0.5) is 0 Å². The van der Waals surface area contributed by atoms with Crippen molar-refractivity contribution < 1.29 is 9.90 Å². The molecule has 0 saturated carbocycles. The van der Waals surface area contributed by atoms with Gasteiger partial charge in [-0.2, -0.15) is 4.68 Å². The van der Waals surface area contributed by atoms with Crippen LogP contribution in [-0.2, 0) is 4.79 Å². The van der Waals surface area contributed by atoms with Crippen molar-refractivity contribution in [1.82, 2.24) is 20.2 Å². The molecular formula is C12H13N4O2S-. The predicted octanol–water partition coefficient (Wildman–Crippen LogP) is 0.591. The summed E-state index contributed by atoms with van der Waals surface area (Å²) in [5.41, 5.74) is 1.89. The maximum absolute atomic E-state index is 10.9. The highest BCUT2D eigenvalue weighted by molar-refractivity contribution is 8.00. The third-order valence-corrected chi connectivity index (χ3v) is 3.84. The van der Waals surface area contributed by atoms with Gasteiger partial charge in [0.1, 0.15) is 0 Å². The molecule has 0 amide bonds. The van der Waals surface area contributed by atoms with E-state index in [9.17, 15) is 9.90 Å². The number of carboxylic acid groups (broad SMARTS) is 1. The Labute approximate surface area is 114 Å². The van der Waals surface area contributed by atoms with Crippen LogP contribution in [0.5, 0.6) is 0 Å². The molecule has 0 aliphatic carbocycles. The van der Waals surface area contributed by atoms with E-state index in [0.29, 0.717) is 11.6 Å². The smallest absolute Gasteiger partial charge is 0.214 e. The highest BCUT2D eigenvalue weighted by atomic mass is 32.2. The standard InChI is InChI=1S/C12H14N4O2S/c1-3-10(11(17)18)19-12-13-14-15-16(12)9-6-4-5-8(2)7-9/h4-7,10H,3H2,1-2H3,(H,17,18)/p-1/t10-/m0/s1. The van der Waals surface area contributed by atoms with E-state index < -0.39 is 11.2 Å². The van der Waals surface area contributed by atoms with Crippen LogP contribution >= 0.6 is 11.8 Å². The van der Waals surface area contributed by atoms with Crippen LogP contribution in [0.15, 0.2) is 29.4 Å². The normalized spacial score (nSPS) is 12.3. The second-order valence-corrected chi connectivity index (χ2v) is 5.22. The summed E-state index contributed by atoms with van der Waals surface area (Å²) in [6, 6.07) is 7.67. The minimum absolute atomic E-state index is 0.446. The lowest BCUT2D eigenvalue weighted by molar-refractivity contribution is -0.304. The average molecular weight is 277 g/mol. The van der Waals surface area contributed by atoms with Crippen molar-refractivity contribution in [1.29, 1.82) is 0 Å². The Morgan fingerprint density at radius 3 is 2.95 bits per heavy atom. The molecule has 0 radical (unpaired) electrons. The predicted molar refractivity (Wildman–Crippen MR) is 68.8 cm³/mol. The minimum atomic E-state index is -1.11. The van der Waals surface area contributed by atoms with E-state index in [2.05, 4.69) is 15.5 Å². The molecule has 0 saturated heterocycles.